The first-order valence-electron chi connectivity index (χ1n) is 6.10. The zero-order valence-corrected chi connectivity index (χ0v) is 11.4. The van der Waals surface area contributed by atoms with E-state index in [0.717, 1.165) is 20.7 Å². The van der Waals surface area contributed by atoms with Gasteiger partial charge in [-0.2, -0.15) is 0 Å². The van der Waals surface area contributed by atoms with Gasteiger partial charge in [0.25, 0.3) is 0 Å². The van der Waals surface area contributed by atoms with Crippen LogP contribution in [0.3, 0.4) is 0 Å². The Balaban J connectivity index is 2.05. The molecule has 2 nitrogen and oxygen atoms in total. The molecule has 0 amide bonds. The highest BCUT2D eigenvalue weighted by molar-refractivity contribution is 7.19. The lowest BCUT2D eigenvalue weighted by atomic mass is 10.1. The van der Waals surface area contributed by atoms with E-state index in [4.69, 9.17) is 0 Å². The largest absolute Gasteiger partial charge is 0.391 e. The van der Waals surface area contributed by atoms with Crippen molar-refractivity contribution in [3.63, 3.8) is 0 Å². The van der Waals surface area contributed by atoms with Crippen molar-refractivity contribution in [2.45, 2.75) is 13.0 Å². The Morgan fingerprint density at radius 2 is 2.05 bits per heavy atom. The molecule has 3 aromatic rings. The smallest absolute Gasteiger partial charge is 0.126 e. The maximum atomic E-state index is 13.7. The van der Waals surface area contributed by atoms with Crippen LogP contribution in [0, 0.1) is 5.82 Å². The van der Waals surface area contributed by atoms with Crippen LogP contribution in [-0.2, 0) is 20.1 Å². The SMILES string of the molecule is Cn1cc(Cc2ccccc2F)c2sc(CO)cc21. The van der Waals surface area contributed by atoms with Gasteiger partial charge in [-0.25, -0.2) is 4.39 Å². The number of aliphatic hydroxyl groups excluding tert-OH is 1. The molecule has 2 heterocycles. The fourth-order valence-electron chi connectivity index (χ4n) is 2.34. The van der Waals surface area contributed by atoms with E-state index in [2.05, 4.69) is 0 Å². The van der Waals surface area contributed by atoms with E-state index in [9.17, 15) is 9.50 Å². The third-order valence-electron chi connectivity index (χ3n) is 3.28. The van der Waals surface area contributed by atoms with E-state index in [1.165, 1.54) is 6.07 Å². The van der Waals surface area contributed by atoms with Crippen molar-refractivity contribution in [1.82, 2.24) is 4.57 Å². The van der Waals surface area contributed by atoms with Crippen LogP contribution in [0.25, 0.3) is 10.2 Å². The summed E-state index contributed by atoms with van der Waals surface area (Å²) in [6.45, 7) is 0.0541. The van der Waals surface area contributed by atoms with Gasteiger partial charge in [0.15, 0.2) is 0 Å². The van der Waals surface area contributed by atoms with Crippen LogP contribution in [0.1, 0.15) is 16.0 Å². The average molecular weight is 275 g/mol. The van der Waals surface area contributed by atoms with Gasteiger partial charge in [0, 0.05) is 24.5 Å². The number of benzene rings is 1. The van der Waals surface area contributed by atoms with E-state index in [0.29, 0.717) is 12.0 Å². The maximum absolute atomic E-state index is 13.7. The van der Waals surface area contributed by atoms with Crippen molar-refractivity contribution in [2.75, 3.05) is 0 Å². The lowest BCUT2D eigenvalue weighted by Crippen LogP contribution is -1.91. The number of fused-ring (bicyclic) bond motifs is 1. The summed E-state index contributed by atoms with van der Waals surface area (Å²) in [6.07, 6.45) is 2.62. The summed E-state index contributed by atoms with van der Waals surface area (Å²) >= 11 is 1.58. The predicted molar refractivity (Wildman–Crippen MR) is 75.9 cm³/mol. The summed E-state index contributed by atoms with van der Waals surface area (Å²) in [7, 11) is 1.97. The van der Waals surface area contributed by atoms with Gasteiger partial charge in [0.2, 0.25) is 0 Å². The zero-order chi connectivity index (χ0) is 13.4. The average Bonchev–Trinajstić information content (AvgIpc) is 2.94. The molecule has 1 aromatic carbocycles. The minimum absolute atomic E-state index is 0.0541. The first-order valence-corrected chi connectivity index (χ1v) is 6.91. The fraction of sp³-hybridized carbons (Fsp3) is 0.200. The Hall–Kier alpha value is -1.65. The van der Waals surface area contributed by atoms with Gasteiger partial charge in [-0.3, -0.25) is 0 Å². The molecule has 2 aromatic heterocycles. The van der Waals surface area contributed by atoms with E-state index < -0.39 is 0 Å². The molecule has 1 N–H and O–H groups in total. The first kappa shape index (κ1) is 12.4. The van der Waals surface area contributed by atoms with Gasteiger partial charge in [0.1, 0.15) is 5.82 Å². The summed E-state index contributed by atoms with van der Waals surface area (Å²) < 4.78 is 16.9. The minimum atomic E-state index is -0.168. The second-order valence-electron chi connectivity index (χ2n) is 4.62. The number of hydrogen-bond acceptors (Lipinski definition) is 2. The third kappa shape index (κ3) is 2.17. The third-order valence-corrected chi connectivity index (χ3v) is 4.46. The lowest BCUT2D eigenvalue weighted by Gasteiger charge is -2.01. The standard InChI is InChI=1S/C15H14FNOS/c1-17-8-11(6-10-4-2-3-5-13(10)16)15-14(17)7-12(9-18)19-15/h2-5,7-8,18H,6,9H2,1H3. The summed E-state index contributed by atoms with van der Waals surface area (Å²) in [4.78, 5) is 0.941. The Morgan fingerprint density at radius 3 is 2.79 bits per heavy atom. The number of hydrogen-bond donors (Lipinski definition) is 1. The number of nitrogens with zero attached hydrogens (tertiary/aromatic N) is 1. The van der Waals surface area contributed by atoms with Crippen LogP contribution in [0.2, 0.25) is 0 Å². The van der Waals surface area contributed by atoms with Crippen molar-refractivity contribution in [1.29, 1.82) is 0 Å². The Bertz CT molecular complexity index is 729. The maximum Gasteiger partial charge on any atom is 0.126 e. The van der Waals surface area contributed by atoms with Gasteiger partial charge in [0.05, 0.1) is 16.8 Å². The van der Waals surface area contributed by atoms with Crippen molar-refractivity contribution in [2.24, 2.45) is 7.05 Å². The number of rotatable bonds is 3. The molecular weight excluding hydrogens is 261 g/mol. The number of thiophene rings is 1. The quantitative estimate of drug-likeness (QED) is 0.778. The summed E-state index contributed by atoms with van der Waals surface area (Å²) in [5.41, 5.74) is 2.90. The molecule has 4 heteroatoms. The normalized spacial score (nSPS) is 11.3. The van der Waals surface area contributed by atoms with Crippen molar-refractivity contribution in [3.05, 3.63) is 58.3 Å². The Morgan fingerprint density at radius 1 is 1.26 bits per heavy atom. The molecule has 0 atom stereocenters. The highest BCUT2D eigenvalue weighted by Crippen LogP contribution is 2.31. The van der Waals surface area contributed by atoms with Gasteiger partial charge >= 0.3 is 0 Å². The monoisotopic (exact) mass is 275 g/mol. The Kier molecular flexibility index (Phi) is 3.12. The molecule has 0 unspecified atom stereocenters. The second-order valence-corrected chi connectivity index (χ2v) is 5.76. The highest BCUT2D eigenvalue weighted by Gasteiger charge is 2.12. The van der Waals surface area contributed by atoms with E-state index in [-0.39, 0.29) is 12.4 Å². The highest BCUT2D eigenvalue weighted by atomic mass is 32.1. The molecule has 0 spiro atoms. The molecule has 3 rings (SSSR count). The lowest BCUT2D eigenvalue weighted by molar-refractivity contribution is 0.285. The van der Waals surface area contributed by atoms with Crippen LogP contribution in [0.4, 0.5) is 4.39 Å². The minimum Gasteiger partial charge on any atom is -0.391 e. The van der Waals surface area contributed by atoms with Crippen molar-refractivity contribution < 1.29 is 9.50 Å². The predicted octanol–water partition coefficient (Wildman–Crippen LogP) is 3.46. The van der Waals surface area contributed by atoms with Crippen molar-refractivity contribution >= 4 is 21.6 Å². The van der Waals surface area contributed by atoms with E-state index >= 15 is 0 Å². The number of halogens is 1. The van der Waals surface area contributed by atoms with Gasteiger partial charge in [-0.15, -0.1) is 11.3 Å². The molecule has 0 radical (unpaired) electrons. The molecule has 98 valence electrons. The molecule has 0 aliphatic carbocycles. The molecular formula is C15H14FNOS. The Labute approximate surface area is 114 Å². The topological polar surface area (TPSA) is 25.2 Å². The van der Waals surface area contributed by atoms with Crippen molar-refractivity contribution in [3.8, 4) is 0 Å². The summed E-state index contributed by atoms with van der Waals surface area (Å²) in [5, 5.41) is 9.21. The molecule has 0 saturated heterocycles. The number of aromatic nitrogens is 1. The van der Waals surface area contributed by atoms with Crippen LogP contribution < -0.4 is 0 Å². The van der Waals surface area contributed by atoms with Gasteiger partial charge in [-0.05, 0) is 23.3 Å². The molecule has 0 aliphatic heterocycles. The van der Waals surface area contributed by atoms with Crippen LogP contribution >= 0.6 is 11.3 Å². The molecule has 0 fully saturated rings. The molecule has 0 bridgehead atoms. The summed E-state index contributed by atoms with van der Waals surface area (Å²) in [5.74, 6) is -0.168. The molecule has 19 heavy (non-hydrogen) atoms. The number of aryl methyl sites for hydroxylation is 1. The van der Waals surface area contributed by atoms with Crippen LogP contribution in [0.15, 0.2) is 36.5 Å². The van der Waals surface area contributed by atoms with Gasteiger partial charge < -0.3 is 9.67 Å². The molecule has 0 aliphatic rings. The zero-order valence-electron chi connectivity index (χ0n) is 10.6. The molecule has 0 saturated carbocycles. The van der Waals surface area contributed by atoms with Gasteiger partial charge in [-0.1, -0.05) is 18.2 Å². The fourth-order valence-corrected chi connectivity index (χ4v) is 3.40. The van der Waals surface area contributed by atoms with E-state index in [1.54, 1.807) is 17.4 Å². The number of aliphatic hydroxyl groups is 1. The van der Waals surface area contributed by atoms with Crippen LogP contribution in [0.5, 0.6) is 0 Å². The van der Waals surface area contributed by atoms with Crippen LogP contribution in [-0.4, -0.2) is 9.67 Å². The summed E-state index contributed by atoms with van der Waals surface area (Å²) in [6, 6.07) is 8.85. The first-order chi connectivity index (χ1) is 9.19. The second kappa shape index (κ2) is 4.79. The van der Waals surface area contributed by atoms with E-state index in [1.807, 2.05) is 36.0 Å².